The first-order valence-corrected chi connectivity index (χ1v) is 12.2. The van der Waals surface area contributed by atoms with Crippen molar-refractivity contribution in [1.29, 1.82) is 0 Å². The number of nitrogens with zero attached hydrogens (tertiary/aromatic N) is 1. The van der Waals surface area contributed by atoms with E-state index in [1.165, 1.54) is 11.3 Å². The molecule has 3 amide bonds. The van der Waals surface area contributed by atoms with E-state index in [0.29, 0.717) is 36.2 Å². The minimum absolute atomic E-state index is 0.0581. The van der Waals surface area contributed by atoms with Crippen LogP contribution in [0.2, 0.25) is 0 Å². The zero-order chi connectivity index (χ0) is 21.8. The monoisotopic (exact) mass is 441 g/mol. The van der Waals surface area contributed by atoms with Gasteiger partial charge in [0, 0.05) is 24.2 Å². The van der Waals surface area contributed by atoms with E-state index in [9.17, 15) is 14.4 Å². The molecule has 4 rings (SSSR count). The third-order valence-corrected chi connectivity index (χ3v) is 7.91. The molecule has 2 heterocycles. The third-order valence-electron chi connectivity index (χ3n) is 6.71. The number of hydrogen-bond acceptors (Lipinski definition) is 4. The second-order valence-corrected chi connectivity index (χ2v) is 9.91. The molecule has 1 aliphatic carbocycles. The summed E-state index contributed by atoms with van der Waals surface area (Å²) in [5.41, 5.74) is 6.81. The lowest BCUT2D eigenvalue weighted by Crippen LogP contribution is -2.42. The first-order chi connectivity index (χ1) is 15.0. The minimum Gasteiger partial charge on any atom is -0.365 e. The summed E-state index contributed by atoms with van der Waals surface area (Å²) in [6.07, 6.45) is 7.53. The molecule has 1 saturated heterocycles. The normalized spacial score (nSPS) is 22.3. The first kappa shape index (κ1) is 21.8. The number of primary amides is 1. The lowest BCUT2D eigenvalue weighted by molar-refractivity contribution is -0.135. The second kappa shape index (κ2) is 9.81. The van der Waals surface area contributed by atoms with Crippen LogP contribution in [0.5, 0.6) is 0 Å². The molecule has 6 nitrogen and oxygen atoms in total. The van der Waals surface area contributed by atoms with Gasteiger partial charge in [-0.05, 0) is 67.4 Å². The van der Waals surface area contributed by atoms with Gasteiger partial charge in [0.2, 0.25) is 11.8 Å². The topological polar surface area (TPSA) is 92.5 Å². The zero-order valence-corrected chi connectivity index (χ0v) is 18.7. The molecule has 7 heteroatoms. The molecule has 0 atom stereocenters. The Labute approximate surface area is 187 Å². The van der Waals surface area contributed by atoms with Crippen LogP contribution in [-0.2, 0) is 9.59 Å². The fourth-order valence-electron chi connectivity index (χ4n) is 5.00. The molecule has 0 unspecified atom stereocenters. The van der Waals surface area contributed by atoms with E-state index >= 15 is 0 Å². The summed E-state index contributed by atoms with van der Waals surface area (Å²) < 4.78 is 1.11. The molecule has 166 valence electrons. The van der Waals surface area contributed by atoms with Crippen molar-refractivity contribution in [1.82, 2.24) is 10.2 Å². The van der Waals surface area contributed by atoms with Gasteiger partial charge in [-0.15, -0.1) is 11.3 Å². The van der Waals surface area contributed by atoms with Crippen molar-refractivity contribution < 1.29 is 14.4 Å². The molecule has 2 aromatic rings. The van der Waals surface area contributed by atoms with Crippen molar-refractivity contribution in [2.75, 3.05) is 19.6 Å². The Morgan fingerprint density at radius 1 is 1.10 bits per heavy atom. The van der Waals surface area contributed by atoms with Crippen LogP contribution in [-0.4, -0.2) is 42.3 Å². The fourth-order valence-corrected chi connectivity index (χ4v) is 6.14. The lowest BCUT2D eigenvalue weighted by Gasteiger charge is -2.29. The van der Waals surface area contributed by atoms with E-state index in [2.05, 4.69) is 11.4 Å². The van der Waals surface area contributed by atoms with Gasteiger partial charge >= 0.3 is 0 Å². The number of benzene rings is 1. The Kier molecular flexibility index (Phi) is 6.90. The summed E-state index contributed by atoms with van der Waals surface area (Å²) in [6, 6.07) is 8.14. The van der Waals surface area contributed by atoms with Crippen LogP contribution in [0.1, 0.15) is 72.5 Å². The van der Waals surface area contributed by atoms with E-state index < -0.39 is 0 Å². The predicted octanol–water partition coefficient (Wildman–Crippen LogP) is 3.79. The van der Waals surface area contributed by atoms with Crippen molar-refractivity contribution in [2.24, 2.45) is 11.7 Å². The maximum Gasteiger partial charge on any atom is 0.259 e. The molecular weight excluding hydrogens is 410 g/mol. The van der Waals surface area contributed by atoms with E-state index in [4.69, 9.17) is 5.73 Å². The van der Waals surface area contributed by atoms with Gasteiger partial charge in [0.1, 0.15) is 0 Å². The van der Waals surface area contributed by atoms with Gasteiger partial charge in [0.25, 0.3) is 5.91 Å². The number of carbonyl (C=O) groups is 3. The number of nitrogens with one attached hydrogen (secondary N) is 1. The van der Waals surface area contributed by atoms with Gasteiger partial charge in [0.15, 0.2) is 0 Å². The molecule has 2 aliphatic rings. The Bertz CT molecular complexity index is 962. The average molecular weight is 442 g/mol. The highest BCUT2D eigenvalue weighted by molar-refractivity contribution is 7.21. The molecule has 3 N–H and O–H groups in total. The summed E-state index contributed by atoms with van der Waals surface area (Å²) >= 11 is 1.50. The zero-order valence-electron chi connectivity index (χ0n) is 17.9. The SMILES string of the molecule is NC(=O)c1sc2ccccc2c1C1CCC(CNC(=O)CN2CCCCCC2=O)CC1. The van der Waals surface area contributed by atoms with Gasteiger partial charge in [-0.2, -0.15) is 0 Å². The highest BCUT2D eigenvalue weighted by atomic mass is 32.1. The molecular formula is C24H31N3O3S. The van der Waals surface area contributed by atoms with Gasteiger partial charge in [-0.25, -0.2) is 0 Å². The van der Waals surface area contributed by atoms with Crippen molar-refractivity contribution in [3.05, 3.63) is 34.7 Å². The highest BCUT2D eigenvalue weighted by Gasteiger charge is 2.28. The molecule has 0 spiro atoms. The van der Waals surface area contributed by atoms with Gasteiger partial charge < -0.3 is 16.0 Å². The van der Waals surface area contributed by atoms with E-state index in [-0.39, 0.29) is 24.3 Å². The fraction of sp³-hybridized carbons (Fsp3) is 0.542. The second-order valence-electron chi connectivity index (χ2n) is 8.85. The molecule has 0 bridgehead atoms. The van der Waals surface area contributed by atoms with Crippen LogP contribution in [0.25, 0.3) is 10.1 Å². The average Bonchev–Trinajstić information content (AvgIpc) is 3.05. The summed E-state index contributed by atoms with van der Waals surface area (Å²) in [5, 5.41) is 4.20. The van der Waals surface area contributed by atoms with E-state index in [0.717, 1.165) is 60.6 Å². The largest absolute Gasteiger partial charge is 0.365 e. The summed E-state index contributed by atoms with van der Waals surface area (Å²) in [4.78, 5) is 38.9. The van der Waals surface area contributed by atoms with Crippen LogP contribution < -0.4 is 11.1 Å². The maximum atomic E-state index is 12.4. The molecule has 0 radical (unpaired) electrons. The first-order valence-electron chi connectivity index (χ1n) is 11.4. The lowest BCUT2D eigenvalue weighted by atomic mass is 9.78. The number of amides is 3. The Morgan fingerprint density at radius 2 is 1.87 bits per heavy atom. The number of nitrogens with two attached hydrogens (primary N) is 1. The van der Waals surface area contributed by atoms with Crippen LogP contribution in [0.3, 0.4) is 0 Å². The van der Waals surface area contributed by atoms with Gasteiger partial charge in [-0.1, -0.05) is 24.6 Å². The van der Waals surface area contributed by atoms with E-state index in [1.54, 1.807) is 4.90 Å². The van der Waals surface area contributed by atoms with Crippen LogP contribution >= 0.6 is 11.3 Å². The van der Waals surface area contributed by atoms with Crippen molar-refractivity contribution in [2.45, 2.75) is 57.3 Å². The molecule has 1 saturated carbocycles. The number of hydrogen-bond donors (Lipinski definition) is 2. The van der Waals surface area contributed by atoms with E-state index in [1.807, 2.05) is 18.2 Å². The molecule has 1 aliphatic heterocycles. The number of fused-ring (bicyclic) bond motifs is 1. The summed E-state index contributed by atoms with van der Waals surface area (Å²) in [6.45, 7) is 1.52. The van der Waals surface area contributed by atoms with Crippen LogP contribution in [0.15, 0.2) is 24.3 Å². The number of likely N-dealkylation sites (tertiary alicyclic amines) is 1. The van der Waals surface area contributed by atoms with Crippen molar-refractivity contribution in [3.63, 3.8) is 0 Å². The molecule has 31 heavy (non-hydrogen) atoms. The Hall–Kier alpha value is -2.41. The third kappa shape index (κ3) is 5.09. The molecule has 1 aromatic carbocycles. The predicted molar refractivity (Wildman–Crippen MR) is 123 cm³/mol. The van der Waals surface area contributed by atoms with Gasteiger partial charge in [-0.3, -0.25) is 14.4 Å². The molecule has 1 aromatic heterocycles. The Balaban J connectivity index is 1.31. The molecule has 2 fully saturated rings. The van der Waals surface area contributed by atoms with Crippen LogP contribution in [0, 0.1) is 5.92 Å². The number of rotatable bonds is 6. The smallest absolute Gasteiger partial charge is 0.259 e. The van der Waals surface area contributed by atoms with Crippen molar-refractivity contribution >= 4 is 39.1 Å². The minimum atomic E-state index is -0.339. The van der Waals surface area contributed by atoms with Gasteiger partial charge in [0.05, 0.1) is 11.4 Å². The van der Waals surface area contributed by atoms with Crippen molar-refractivity contribution in [3.8, 4) is 0 Å². The maximum absolute atomic E-state index is 12.4. The standard InChI is InChI=1S/C24H31N3O3S/c25-24(30)23-22(18-6-3-4-7-19(18)31-23)17-11-9-16(10-12-17)14-26-20(28)15-27-13-5-1-2-8-21(27)29/h3-4,6-7,16-17H,1-2,5,8-15H2,(H2,25,30)(H,26,28). The number of thiophene rings is 1. The number of carbonyl (C=O) groups excluding carboxylic acids is 3. The van der Waals surface area contributed by atoms with Crippen LogP contribution in [0.4, 0.5) is 0 Å². The summed E-state index contributed by atoms with van der Waals surface area (Å²) in [7, 11) is 0. The highest BCUT2D eigenvalue weighted by Crippen LogP contribution is 2.43. The Morgan fingerprint density at radius 3 is 2.65 bits per heavy atom. The quantitative estimate of drug-likeness (QED) is 0.714. The summed E-state index contributed by atoms with van der Waals surface area (Å²) in [5.74, 6) is 0.467.